The molecule has 4 rings (SSSR count). The molecule has 2 aromatic rings. The van der Waals surface area contributed by atoms with Gasteiger partial charge >= 0.3 is 0 Å². The molecule has 1 fully saturated rings. The SMILES string of the molecule is Cc1nc(C2CCCCN2C(=O)CCC2=NNC(=O)CC2)ncc1C(=O)Nc1ccccc1. The highest BCUT2D eigenvalue weighted by atomic mass is 16.2. The maximum atomic E-state index is 13.0. The zero-order valence-corrected chi connectivity index (χ0v) is 18.7. The van der Waals surface area contributed by atoms with Crippen molar-refractivity contribution in [3.8, 4) is 0 Å². The van der Waals surface area contributed by atoms with E-state index < -0.39 is 0 Å². The van der Waals surface area contributed by atoms with Crippen LogP contribution in [0.2, 0.25) is 0 Å². The Balaban J connectivity index is 1.43. The predicted molar refractivity (Wildman–Crippen MR) is 124 cm³/mol. The highest BCUT2D eigenvalue weighted by Gasteiger charge is 2.30. The van der Waals surface area contributed by atoms with Crippen LogP contribution in [-0.4, -0.2) is 44.8 Å². The summed E-state index contributed by atoms with van der Waals surface area (Å²) in [5.41, 5.74) is 5.02. The summed E-state index contributed by atoms with van der Waals surface area (Å²) in [6.45, 7) is 2.45. The number of carbonyl (C=O) groups excluding carboxylic acids is 3. The summed E-state index contributed by atoms with van der Waals surface area (Å²) in [6.07, 6.45) is 6.14. The topological polar surface area (TPSA) is 117 Å². The number of amides is 3. The number of hydrazone groups is 1. The van der Waals surface area contributed by atoms with E-state index in [4.69, 9.17) is 0 Å². The van der Waals surface area contributed by atoms with Crippen LogP contribution in [0.25, 0.3) is 0 Å². The van der Waals surface area contributed by atoms with Crippen molar-refractivity contribution < 1.29 is 14.4 Å². The number of benzene rings is 1. The average molecular weight is 449 g/mol. The number of para-hydroxylation sites is 1. The molecule has 1 aromatic heterocycles. The molecule has 0 spiro atoms. The lowest BCUT2D eigenvalue weighted by molar-refractivity contribution is -0.135. The molecule has 1 atom stereocenters. The summed E-state index contributed by atoms with van der Waals surface area (Å²) in [7, 11) is 0. The fraction of sp³-hybridized carbons (Fsp3) is 0.417. The quantitative estimate of drug-likeness (QED) is 0.704. The van der Waals surface area contributed by atoms with Gasteiger partial charge in [-0.3, -0.25) is 14.4 Å². The van der Waals surface area contributed by atoms with Gasteiger partial charge in [-0.05, 0) is 51.2 Å². The Hall–Kier alpha value is -3.62. The van der Waals surface area contributed by atoms with Crippen LogP contribution in [0.5, 0.6) is 0 Å². The minimum Gasteiger partial charge on any atom is -0.332 e. The molecule has 0 radical (unpaired) electrons. The Bertz CT molecular complexity index is 1070. The Labute approximate surface area is 192 Å². The van der Waals surface area contributed by atoms with Crippen molar-refractivity contribution in [2.45, 2.75) is 57.9 Å². The molecule has 1 unspecified atom stereocenters. The van der Waals surface area contributed by atoms with Gasteiger partial charge in [-0.2, -0.15) is 5.10 Å². The van der Waals surface area contributed by atoms with Crippen molar-refractivity contribution in [1.82, 2.24) is 20.3 Å². The molecule has 0 aliphatic carbocycles. The molecule has 2 N–H and O–H groups in total. The first-order chi connectivity index (χ1) is 16.0. The molecule has 1 aromatic carbocycles. The second-order valence-corrected chi connectivity index (χ2v) is 8.36. The summed E-state index contributed by atoms with van der Waals surface area (Å²) in [5, 5.41) is 6.91. The molecule has 3 heterocycles. The minimum atomic E-state index is -0.262. The molecule has 0 saturated carbocycles. The molecule has 3 amide bonds. The fourth-order valence-corrected chi connectivity index (χ4v) is 4.17. The van der Waals surface area contributed by atoms with Crippen LogP contribution in [0.15, 0.2) is 41.6 Å². The molecule has 1 saturated heterocycles. The third-order valence-electron chi connectivity index (χ3n) is 6.00. The molecule has 9 nitrogen and oxygen atoms in total. The van der Waals surface area contributed by atoms with Gasteiger partial charge in [0.15, 0.2) is 5.82 Å². The zero-order chi connectivity index (χ0) is 23.2. The number of hydrogen-bond donors (Lipinski definition) is 2. The smallest absolute Gasteiger partial charge is 0.259 e. The predicted octanol–water partition coefficient (Wildman–Crippen LogP) is 3.14. The molecule has 9 heteroatoms. The van der Waals surface area contributed by atoms with Crippen LogP contribution >= 0.6 is 0 Å². The van der Waals surface area contributed by atoms with E-state index in [1.807, 2.05) is 35.2 Å². The molecule has 172 valence electrons. The molecule has 0 bridgehead atoms. The summed E-state index contributed by atoms with van der Waals surface area (Å²) in [6, 6.07) is 9.03. The van der Waals surface area contributed by atoms with Gasteiger partial charge in [0.2, 0.25) is 11.8 Å². The highest BCUT2D eigenvalue weighted by Crippen LogP contribution is 2.30. The van der Waals surface area contributed by atoms with Crippen LogP contribution in [0.4, 0.5) is 5.69 Å². The van der Waals surface area contributed by atoms with Gasteiger partial charge < -0.3 is 10.2 Å². The van der Waals surface area contributed by atoms with Gasteiger partial charge in [-0.1, -0.05) is 18.2 Å². The summed E-state index contributed by atoms with van der Waals surface area (Å²) in [4.78, 5) is 47.9. The lowest BCUT2D eigenvalue weighted by atomic mass is 9.99. The van der Waals surface area contributed by atoms with E-state index in [1.54, 1.807) is 13.1 Å². The number of hydrogen-bond acceptors (Lipinski definition) is 6. The van der Waals surface area contributed by atoms with Gasteiger partial charge in [-0.15, -0.1) is 0 Å². The molecule has 33 heavy (non-hydrogen) atoms. The van der Waals surface area contributed by atoms with Gasteiger partial charge in [0, 0.05) is 37.0 Å². The monoisotopic (exact) mass is 448 g/mol. The second kappa shape index (κ2) is 10.3. The van der Waals surface area contributed by atoms with Gasteiger partial charge in [-0.25, -0.2) is 15.4 Å². The lowest BCUT2D eigenvalue weighted by Crippen LogP contribution is -2.39. The number of rotatable bonds is 6. The third-order valence-corrected chi connectivity index (χ3v) is 6.00. The van der Waals surface area contributed by atoms with Crippen LogP contribution in [-0.2, 0) is 9.59 Å². The number of nitrogens with one attached hydrogen (secondary N) is 2. The Kier molecular flexibility index (Phi) is 7.07. The maximum Gasteiger partial charge on any atom is 0.259 e. The number of anilines is 1. The third kappa shape index (κ3) is 5.60. The highest BCUT2D eigenvalue weighted by molar-refractivity contribution is 6.04. The standard InChI is InChI=1S/C24H28N6O3/c1-16-19(24(33)27-17-7-3-2-4-8-17)15-25-23(26-16)20-9-5-6-14-30(20)22(32)13-11-18-10-12-21(31)29-28-18/h2-4,7-8,15,20H,5-6,9-14H2,1H3,(H,27,33)(H,29,31). The number of carbonyl (C=O) groups is 3. The van der Waals surface area contributed by atoms with Crippen LogP contribution in [0.1, 0.15) is 72.9 Å². The van der Waals surface area contributed by atoms with E-state index in [-0.39, 0.29) is 23.8 Å². The van der Waals surface area contributed by atoms with Crippen LogP contribution in [0.3, 0.4) is 0 Å². The molecular weight excluding hydrogens is 420 g/mol. The van der Waals surface area contributed by atoms with E-state index in [9.17, 15) is 14.4 Å². The lowest BCUT2D eigenvalue weighted by Gasteiger charge is -2.35. The van der Waals surface area contributed by atoms with Crippen LogP contribution < -0.4 is 10.7 Å². The fourth-order valence-electron chi connectivity index (χ4n) is 4.17. The van der Waals surface area contributed by atoms with Crippen molar-refractivity contribution >= 4 is 29.1 Å². The summed E-state index contributed by atoms with van der Waals surface area (Å²) < 4.78 is 0. The summed E-state index contributed by atoms with van der Waals surface area (Å²) in [5.74, 6) is 0.252. The van der Waals surface area contributed by atoms with E-state index in [2.05, 4.69) is 25.8 Å². The number of likely N-dealkylation sites (tertiary alicyclic amines) is 1. The maximum absolute atomic E-state index is 13.0. The average Bonchev–Trinajstić information content (AvgIpc) is 2.84. The first-order valence-corrected chi connectivity index (χ1v) is 11.3. The minimum absolute atomic E-state index is 0.0338. The van der Waals surface area contributed by atoms with Crippen molar-refractivity contribution in [2.75, 3.05) is 11.9 Å². The zero-order valence-electron chi connectivity index (χ0n) is 18.7. The number of piperidine rings is 1. The van der Waals surface area contributed by atoms with Crippen LogP contribution in [0, 0.1) is 6.92 Å². The number of aromatic nitrogens is 2. The number of nitrogens with zero attached hydrogens (tertiary/aromatic N) is 4. The van der Waals surface area contributed by atoms with Gasteiger partial charge in [0.1, 0.15) is 0 Å². The van der Waals surface area contributed by atoms with E-state index in [0.29, 0.717) is 55.0 Å². The Morgan fingerprint density at radius 3 is 2.73 bits per heavy atom. The molecule has 2 aliphatic rings. The normalized spacial score (nSPS) is 18.3. The largest absolute Gasteiger partial charge is 0.332 e. The number of aryl methyl sites for hydroxylation is 1. The van der Waals surface area contributed by atoms with E-state index >= 15 is 0 Å². The first-order valence-electron chi connectivity index (χ1n) is 11.3. The Morgan fingerprint density at radius 1 is 1.18 bits per heavy atom. The van der Waals surface area contributed by atoms with E-state index in [0.717, 1.165) is 25.0 Å². The van der Waals surface area contributed by atoms with Crippen molar-refractivity contribution in [1.29, 1.82) is 0 Å². The molecular formula is C24H28N6O3. The molecule has 2 aliphatic heterocycles. The Morgan fingerprint density at radius 2 is 2.00 bits per heavy atom. The van der Waals surface area contributed by atoms with Gasteiger partial charge in [0.25, 0.3) is 5.91 Å². The second-order valence-electron chi connectivity index (χ2n) is 8.36. The van der Waals surface area contributed by atoms with Crippen molar-refractivity contribution in [3.05, 3.63) is 53.6 Å². The van der Waals surface area contributed by atoms with E-state index in [1.165, 1.54) is 0 Å². The van der Waals surface area contributed by atoms with Gasteiger partial charge in [0.05, 0.1) is 17.3 Å². The first kappa shape index (κ1) is 22.6. The van der Waals surface area contributed by atoms with Crippen molar-refractivity contribution in [3.63, 3.8) is 0 Å². The summed E-state index contributed by atoms with van der Waals surface area (Å²) >= 11 is 0. The van der Waals surface area contributed by atoms with Crippen molar-refractivity contribution in [2.24, 2.45) is 5.10 Å².